The number of nitrogens with zero attached hydrogens (tertiary/aromatic N) is 4. The Kier molecular flexibility index (Phi) is 4.98. The van der Waals surface area contributed by atoms with Gasteiger partial charge in [-0.05, 0) is 37.8 Å². The molecule has 2 aromatic heterocycles. The molecular formula is C19H19FN4O2S. The number of rotatable bonds is 4. The summed E-state index contributed by atoms with van der Waals surface area (Å²) >= 11 is 1.48. The van der Waals surface area contributed by atoms with Gasteiger partial charge < -0.3 is 9.42 Å². The zero-order chi connectivity index (χ0) is 18.8. The molecule has 0 spiro atoms. The minimum atomic E-state index is -0.377. The summed E-state index contributed by atoms with van der Waals surface area (Å²) in [6.45, 7) is 3.26. The summed E-state index contributed by atoms with van der Waals surface area (Å²) in [7, 11) is 0. The standard InChI is InChI=1S/C19H19FN4O2S/c1-12-21-16(11-27-12)19(25)24-8-4-5-13(10-24)9-17-22-18(23-26-17)14-6-2-3-7-15(14)20/h2-3,6-7,11,13H,4-5,8-10H2,1H3. The van der Waals surface area contributed by atoms with E-state index < -0.39 is 0 Å². The maximum atomic E-state index is 13.9. The second kappa shape index (κ2) is 7.56. The van der Waals surface area contributed by atoms with Crippen molar-refractivity contribution in [1.82, 2.24) is 20.0 Å². The summed E-state index contributed by atoms with van der Waals surface area (Å²) in [5.41, 5.74) is 0.838. The van der Waals surface area contributed by atoms with Gasteiger partial charge in [0.15, 0.2) is 0 Å². The van der Waals surface area contributed by atoms with Crippen molar-refractivity contribution in [1.29, 1.82) is 0 Å². The lowest BCUT2D eigenvalue weighted by Gasteiger charge is -2.31. The van der Waals surface area contributed by atoms with Crippen LogP contribution in [0.1, 0.15) is 34.2 Å². The number of benzene rings is 1. The van der Waals surface area contributed by atoms with Crippen LogP contribution in [0.3, 0.4) is 0 Å². The predicted octanol–water partition coefficient (Wildman–Crippen LogP) is 3.74. The molecule has 140 valence electrons. The average Bonchev–Trinajstić information content (AvgIpc) is 3.31. The lowest BCUT2D eigenvalue weighted by Crippen LogP contribution is -2.40. The van der Waals surface area contributed by atoms with Crippen molar-refractivity contribution in [3.05, 3.63) is 52.1 Å². The molecule has 1 aliphatic rings. The molecule has 0 N–H and O–H groups in total. The second-order valence-electron chi connectivity index (χ2n) is 6.71. The van der Waals surface area contributed by atoms with Crippen molar-refractivity contribution in [2.75, 3.05) is 13.1 Å². The number of hydrogen-bond donors (Lipinski definition) is 0. The molecule has 0 aliphatic carbocycles. The van der Waals surface area contributed by atoms with Crippen molar-refractivity contribution in [3.8, 4) is 11.4 Å². The summed E-state index contributed by atoms with van der Waals surface area (Å²) in [6, 6.07) is 6.35. The summed E-state index contributed by atoms with van der Waals surface area (Å²) in [6.07, 6.45) is 2.48. The van der Waals surface area contributed by atoms with Crippen molar-refractivity contribution in [2.24, 2.45) is 5.92 Å². The molecule has 8 heteroatoms. The van der Waals surface area contributed by atoms with Crippen LogP contribution < -0.4 is 0 Å². The molecule has 1 aliphatic heterocycles. The van der Waals surface area contributed by atoms with E-state index in [2.05, 4.69) is 15.1 Å². The first-order valence-electron chi connectivity index (χ1n) is 8.89. The van der Waals surface area contributed by atoms with Crippen LogP contribution in [0.2, 0.25) is 0 Å². The van der Waals surface area contributed by atoms with E-state index in [4.69, 9.17) is 4.52 Å². The fourth-order valence-electron chi connectivity index (χ4n) is 3.38. The molecule has 1 aromatic carbocycles. The van der Waals surface area contributed by atoms with Gasteiger partial charge in [-0.2, -0.15) is 4.98 Å². The molecule has 1 amide bonds. The van der Waals surface area contributed by atoms with Gasteiger partial charge in [0.2, 0.25) is 11.7 Å². The monoisotopic (exact) mass is 386 g/mol. The zero-order valence-corrected chi connectivity index (χ0v) is 15.7. The van der Waals surface area contributed by atoms with E-state index in [0.717, 1.165) is 24.4 Å². The quantitative estimate of drug-likeness (QED) is 0.683. The van der Waals surface area contributed by atoms with E-state index in [1.807, 2.05) is 11.8 Å². The molecule has 27 heavy (non-hydrogen) atoms. The summed E-state index contributed by atoms with van der Waals surface area (Å²) in [5, 5.41) is 6.59. The minimum absolute atomic E-state index is 0.0263. The Bertz CT molecular complexity index is 955. The van der Waals surface area contributed by atoms with Gasteiger partial charge in [0, 0.05) is 24.9 Å². The molecule has 0 radical (unpaired) electrons. The van der Waals surface area contributed by atoms with Gasteiger partial charge in [0.25, 0.3) is 5.91 Å². The fraction of sp³-hybridized carbons (Fsp3) is 0.368. The first-order chi connectivity index (χ1) is 13.1. The highest BCUT2D eigenvalue weighted by atomic mass is 32.1. The van der Waals surface area contributed by atoms with Crippen LogP contribution >= 0.6 is 11.3 Å². The summed E-state index contributed by atoms with van der Waals surface area (Å²) < 4.78 is 19.2. The zero-order valence-electron chi connectivity index (χ0n) is 14.9. The third-order valence-corrected chi connectivity index (χ3v) is 5.46. The number of piperidine rings is 1. The number of aromatic nitrogens is 3. The highest BCUT2D eigenvalue weighted by Gasteiger charge is 2.27. The van der Waals surface area contributed by atoms with Crippen LogP contribution in [0.15, 0.2) is 34.2 Å². The van der Waals surface area contributed by atoms with Crippen LogP contribution in [0.5, 0.6) is 0 Å². The smallest absolute Gasteiger partial charge is 0.273 e. The fourth-order valence-corrected chi connectivity index (χ4v) is 3.96. The van der Waals surface area contributed by atoms with Gasteiger partial charge in [-0.1, -0.05) is 17.3 Å². The van der Waals surface area contributed by atoms with Gasteiger partial charge in [0.1, 0.15) is 11.5 Å². The lowest BCUT2D eigenvalue weighted by molar-refractivity contribution is 0.0663. The Labute approximate surface area is 160 Å². The Morgan fingerprint density at radius 2 is 2.22 bits per heavy atom. The van der Waals surface area contributed by atoms with Crippen LogP contribution in [0.4, 0.5) is 4.39 Å². The molecule has 1 atom stereocenters. The molecular weight excluding hydrogens is 367 g/mol. The van der Waals surface area contributed by atoms with E-state index in [0.29, 0.717) is 30.1 Å². The number of likely N-dealkylation sites (tertiary alicyclic amines) is 1. The number of halogens is 1. The maximum absolute atomic E-state index is 13.9. The number of carbonyl (C=O) groups is 1. The summed E-state index contributed by atoms with van der Waals surface area (Å²) in [5.74, 6) is 0.553. The van der Waals surface area contributed by atoms with Gasteiger partial charge in [-0.15, -0.1) is 11.3 Å². The first kappa shape index (κ1) is 17.8. The third kappa shape index (κ3) is 3.90. The van der Waals surface area contributed by atoms with Crippen LogP contribution in [0, 0.1) is 18.7 Å². The maximum Gasteiger partial charge on any atom is 0.273 e. The van der Waals surface area contributed by atoms with E-state index in [1.54, 1.807) is 23.6 Å². The molecule has 1 fully saturated rings. The van der Waals surface area contributed by atoms with Crippen molar-refractivity contribution < 1.29 is 13.7 Å². The van der Waals surface area contributed by atoms with Gasteiger partial charge >= 0.3 is 0 Å². The van der Waals surface area contributed by atoms with E-state index in [-0.39, 0.29) is 23.5 Å². The van der Waals surface area contributed by atoms with Gasteiger partial charge in [0.05, 0.1) is 10.6 Å². The summed E-state index contributed by atoms with van der Waals surface area (Å²) in [4.78, 5) is 23.1. The molecule has 3 aromatic rings. The Balaban J connectivity index is 1.43. The van der Waals surface area contributed by atoms with Crippen LogP contribution in [0.25, 0.3) is 11.4 Å². The Hall–Kier alpha value is -2.61. The number of thiazole rings is 1. The van der Waals surface area contributed by atoms with Crippen LogP contribution in [-0.4, -0.2) is 39.0 Å². The highest BCUT2D eigenvalue weighted by Crippen LogP contribution is 2.24. The molecule has 1 saturated heterocycles. The van der Waals surface area contributed by atoms with E-state index >= 15 is 0 Å². The number of hydrogen-bond acceptors (Lipinski definition) is 6. The Morgan fingerprint density at radius 3 is 3.00 bits per heavy atom. The number of carbonyl (C=O) groups excluding carboxylic acids is 1. The molecule has 3 heterocycles. The van der Waals surface area contributed by atoms with Crippen LogP contribution in [-0.2, 0) is 6.42 Å². The average molecular weight is 386 g/mol. The topological polar surface area (TPSA) is 72.1 Å². The lowest BCUT2D eigenvalue weighted by atomic mass is 9.94. The van der Waals surface area contributed by atoms with Crippen molar-refractivity contribution in [2.45, 2.75) is 26.2 Å². The number of amides is 1. The first-order valence-corrected chi connectivity index (χ1v) is 9.77. The Morgan fingerprint density at radius 1 is 1.37 bits per heavy atom. The number of aryl methyl sites for hydroxylation is 1. The van der Waals surface area contributed by atoms with Gasteiger partial charge in [-0.3, -0.25) is 4.79 Å². The van der Waals surface area contributed by atoms with Crippen molar-refractivity contribution >= 4 is 17.2 Å². The van der Waals surface area contributed by atoms with E-state index in [1.165, 1.54) is 17.4 Å². The van der Waals surface area contributed by atoms with E-state index in [9.17, 15) is 9.18 Å². The molecule has 1 unspecified atom stereocenters. The molecule has 0 bridgehead atoms. The highest BCUT2D eigenvalue weighted by molar-refractivity contribution is 7.09. The molecule has 0 saturated carbocycles. The largest absolute Gasteiger partial charge is 0.339 e. The van der Waals surface area contributed by atoms with Gasteiger partial charge in [-0.25, -0.2) is 9.37 Å². The molecule has 6 nitrogen and oxygen atoms in total. The predicted molar refractivity (Wildman–Crippen MR) is 98.9 cm³/mol. The SMILES string of the molecule is Cc1nc(C(=O)N2CCCC(Cc3nc(-c4ccccc4F)no3)C2)cs1. The third-order valence-electron chi connectivity index (χ3n) is 4.69. The second-order valence-corrected chi connectivity index (χ2v) is 7.77. The van der Waals surface area contributed by atoms with Crippen molar-refractivity contribution in [3.63, 3.8) is 0 Å². The minimum Gasteiger partial charge on any atom is -0.339 e. The molecule has 4 rings (SSSR count). The normalized spacial score (nSPS) is 17.3.